The number of amides is 2. The van der Waals surface area contributed by atoms with Gasteiger partial charge in [-0.1, -0.05) is 0 Å². The van der Waals surface area contributed by atoms with Gasteiger partial charge >= 0.3 is 12.2 Å². The highest BCUT2D eigenvalue weighted by Gasteiger charge is 2.34. The van der Waals surface area contributed by atoms with Crippen molar-refractivity contribution in [2.45, 2.75) is 33.0 Å². The van der Waals surface area contributed by atoms with Gasteiger partial charge in [0.2, 0.25) is 0 Å². The van der Waals surface area contributed by atoms with Crippen LogP contribution in [0.2, 0.25) is 0 Å². The van der Waals surface area contributed by atoms with Crippen molar-refractivity contribution in [3.63, 3.8) is 0 Å². The van der Waals surface area contributed by atoms with Gasteiger partial charge in [-0.05, 0) is 39.0 Å². The molecule has 0 aliphatic heterocycles. The lowest BCUT2D eigenvalue weighted by molar-refractivity contribution is -0.136. The Balaban J connectivity index is 2.19. The second-order valence-corrected chi connectivity index (χ2v) is 7.36. The average molecular weight is 386 g/mol. The molecule has 0 bridgehead atoms. The van der Waals surface area contributed by atoms with Crippen molar-refractivity contribution >= 4 is 28.7 Å². The van der Waals surface area contributed by atoms with E-state index in [4.69, 9.17) is 0 Å². The smallest absolute Gasteiger partial charge is 0.378 e. The molecule has 2 amide bonds. The molecule has 0 spiro atoms. The number of carbonyl (C=O) groups is 1. The Hall–Kier alpha value is -2.29. The van der Waals surface area contributed by atoms with E-state index < -0.39 is 17.8 Å². The minimum absolute atomic E-state index is 0.287. The van der Waals surface area contributed by atoms with Gasteiger partial charge in [-0.2, -0.15) is 13.2 Å². The SMILES string of the molecule is Cc1nc(C)c([C@@H](C)NC(=O)Nc2ccc(N(C)C)cc2C(F)(F)F)s1. The summed E-state index contributed by atoms with van der Waals surface area (Å²) in [5, 5.41) is 5.83. The monoisotopic (exact) mass is 386 g/mol. The number of aromatic nitrogens is 1. The van der Waals surface area contributed by atoms with Gasteiger partial charge in [-0.25, -0.2) is 9.78 Å². The lowest BCUT2D eigenvalue weighted by atomic mass is 10.1. The fraction of sp³-hybridized carbons (Fsp3) is 0.412. The van der Waals surface area contributed by atoms with Crippen molar-refractivity contribution < 1.29 is 18.0 Å². The molecular weight excluding hydrogens is 365 g/mol. The number of thiazole rings is 1. The Morgan fingerprint density at radius 3 is 2.42 bits per heavy atom. The number of halogens is 3. The summed E-state index contributed by atoms with van der Waals surface area (Å²) in [6.07, 6.45) is -4.58. The minimum Gasteiger partial charge on any atom is -0.378 e. The summed E-state index contributed by atoms with van der Waals surface area (Å²) < 4.78 is 40.0. The van der Waals surface area contributed by atoms with E-state index in [9.17, 15) is 18.0 Å². The van der Waals surface area contributed by atoms with E-state index in [2.05, 4.69) is 15.6 Å². The largest absolute Gasteiger partial charge is 0.418 e. The Bertz CT molecular complexity index is 802. The highest BCUT2D eigenvalue weighted by atomic mass is 32.1. The second kappa shape index (κ2) is 7.53. The maximum absolute atomic E-state index is 13.3. The molecule has 0 aliphatic carbocycles. The zero-order valence-electron chi connectivity index (χ0n) is 15.2. The van der Waals surface area contributed by atoms with E-state index in [1.165, 1.54) is 23.5 Å². The number of benzene rings is 1. The quantitative estimate of drug-likeness (QED) is 0.799. The highest BCUT2D eigenvalue weighted by Crippen LogP contribution is 2.37. The molecular formula is C17H21F3N4OS. The molecule has 1 aromatic carbocycles. The predicted molar refractivity (Wildman–Crippen MR) is 97.9 cm³/mol. The zero-order valence-corrected chi connectivity index (χ0v) is 16.0. The van der Waals surface area contributed by atoms with Crippen LogP contribution in [0.25, 0.3) is 0 Å². The van der Waals surface area contributed by atoms with Crippen LogP contribution in [0.5, 0.6) is 0 Å². The van der Waals surface area contributed by atoms with Gasteiger partial charge in [-0.15, -0.1) is 11.3 Å². The molecule has 1 atom stereocenters. The Labute approximate surface area is 154 Å². The van der Waals surface area contributed by atoms with Crippen LogP contribution < -0.4 is 15.5 Å². The lowest BCUT2D eigenvalue weighted by Gasteiger charge is -2.20. The summed E-state index contributed by atoms with van der Waals surface area (Å²) in [5.41, 5.74) is 0.0142. The average Bonchev–Trinajstić information content (AvgIpc) is 2.84. The number of alkyl halides is 3. The molecule has 0 saturated heterocycles. The third-order valence-corrected chi connectivity index (χ3v) is 5.01. The van der Waals surface area contributed by atoms with Crippen LogP contribution in [0.3, 0.4) is 0 Å². The molecule has 0 aliphatic rings. The van der Waals surface area contributed by atoms with Gasteiger partial charge in [0.25, 0.3) is 0 Å². The number of hydrogen-bond donors (Lipinski definition) is 2. The van der Waals surface area contributed by atoms with E-state index in [-0.39, 0.29) is 11.7 Å². The van der Waals surface area contributed by atoms with Gasteiger partial charge in [0.1, 0.15) is 0 Å². The minimum atomic E-state index is -4.58. The van der Waals surface area contributed by atoms with Crippen LogP contribution in [-0.4, -0.2) is 25.1 Å². The Morgan fingerprint density at radius 2 is 1.92 bits per heavy atom. The number of anilines is 2. The van der Waals surface area contributed by atoms with E-state index in [1.807, 2.05) is 13.8 Å². The molecule has 0 fully saturated rings. The third kappa shape index (κ3) is 4.66. The van der Waals surface area contributed by atoms with E-state index >= 15 is 0 Å². The predicted octanol–water partition coefficient (Wildman–Crippen LogP) is 4.73. The van der Waals surface area contributed by atoms with E-state index in [0.717, 1.165) is 21.6 Å². The van der Waals surface area contributed by atoms with Crippen molar-refractivity contribution in [1.29, 1.82) is 0 Å². The Kier molecular flexibility index (Phi) is 5.80. The number of aryl methyl sites for hydroxylation is 2. The molecule has 26 heavy (non-hydrogen) atoms. The molecule has 9 heteroatoms. The molecule has 5 nitrogen and oxygen atoms in total. The molecule has 1 aromatic heterocycles. The van der Waals surface area contributed by atoms with Crippen molar-refractivity contribution in [2.24, 2.45) is 0 Å². The number of hydrogen-bond acceptors (Lipinski definition) is 4. The fourth-order valence-electron chi connectivity index (χ4n) is 2.52. The van der Waals surface area contributed by atoms with Gasteiger partial charge in [-0.3, -0.25) is 0 Å². The number of urea groups is 1. The molecule has 2 N–H and O–H groups in total. The van der Waals surface area contributed by atoms with Crippen molar-refractivity contribution in [3.8, 4) is 0 Å². The van der Waals surface area contributed by atoms with Crippen LogP contribution >= 0.6 is 11.3 Å². The van der Waals surface area contributed by atoms with Crippen LogP contribution in [0.15, 0.2) is 18.2 Å². The van der Waals surface area contributed by atoms with Gasteiger partial charge < -0.3 is 15.5 Å². The molecule has 1 heterocycles. The normalized spacial score (nSPS) is 12.6. The van der Waals surface area contributed by atoms with Crippen LogP contribution in [0.1, 0.15) is 34.1 Å². The summed E-state index contributed by atoms with van der Waals surface area (Å²) in [6.45, 7) is 5.45. The second-order valence-electron chi connectivity index (χ2n) is 6.12. The first-order valence-electron chi connectivity index (χ1n) is 7.89. The fourth-order valence-corrected chi connectivity index (χ4v) is 3.45. The molecule has 142 valence electrons. The zero-order chi connectivity index (χ0) is 19.6. The maximum atomic E-state index is 13.3. The summed E-state index contributed by atoms with van der Waals surface area (Å²) in [4.78, 5) is 18.9. The topological polar surface area (TPSA) is 57.3 Å². The van der Waals surface area contributed by atoms with Crippen LogP contribution in [0.4, 0.5) is 29.3 Å². The molecule has 0 radical (unpaired) electrons. The maximum Gasteiger partial charge on any atom is 0.418 e. The number of nitrogens with zero attached hydrogens (tertiary/aromatic N) is 2. The first-order valence-corrected chi connectivity index (χ1v) is 8.70. The number of rotatable bonds is 4. The molecule has 0 saturated carbocycles. The van der Waals surface area contributed by atoms with E-state index in [0.29, 0.717) is 5.69 Å². The number of carbonyl (C=O) groups excluding carboxylic acids is 1. The number of nitrogens with one attached hydrogen (secondary N) is 2. The summed E-state index contributed by atoms with van der Waals surface area (Å²) in [6, 6.07) is 2.72. The van der Waals surface area contributed by atoms with Crippen molar-refractivity contribution in [1.82, 2.24) is 10.3 Å². The van der Waals surface area contributed by atoms with Crippen molar-refractivity contribution in [2.75, 3.05) is 24.3 Å². The van der Waals surface area contributed by atoms with Crippen LogP contribution in [-0.2, 0) is 6.18 Å². The molecule has 2 rings (SSSR count). The standard InChI is InChI=1S/C17H21F3N4OS/c1-9-15(26-11(3)21-9)10(2)22-16(25)23-14-7-6-12(24(4)5)8-13(14)17(18,19)20/h6-8,10H,1-5H3,(H2,22,23,25)/t10-/m1/s1. The first kappa shape index (κ1) is 20.0. The van der Waals surface area contributed by atoms with Crippen LogP contribution in [0, 0.1) is 13.8 Å². The van der Waals surface area contributed by atoms with Gasteiger partial charge in [0.05, 0.1) is 28.0 Å². The van der Waals surface area contributed by atoms with Gasteiger partial charge in [0.15, 0.2) is 0 Å². The molecule has 0 unspecified atom stereocenters. The van der Waals surface area contributed by atoms with Gasteiger partial charge in [0, 0.05) is 24.7 Å². The Morgan fingerprint density at radius 1 is 1.27 bits per heavy atom. The summed E-state index contributed by atoms with van der Waals surface area (Å²) in [5.74, 6) is 0. The molecule has 2 aromatic rings. The first-order chi connectivity index (χ1) is 12.0. The summed E-state index contributed by atoms with van der Waals surface area (Å²) in [7, 11) is 3.30. The third-order valence-electron chi connectivity index (χ3n) is 3.75. The highest BCUT2D eigenvalue weighted by molar-refractivity contribution is 7.11. The lowest BCUT2D eigenvalue weighted by Crippen LogP contribution is -2.32. The van der Waals surface area contributed by atoms with Crippen molar-refractivity contribution in [3.05, 3.63) is 39.3 Å². The van der Waals surface area contributed by atoms with E-state index in [1.54, 1.807) is 25.9 Å². The summed E-state index contributed by atoms with van der Waals surface area (Å²) >= 11 is 1.44.